The Morgan fingerprint density at radius 2 is 1.96 bits per heavy atom. The maximum atomic E-state index is 12.1. The number of hydrogen-bond acceptors (Lipinski definition) is 5. The van der Waals surface area contributed by atoms with Crippen LogP contribution in [0.3, 0.4) is 0 Å². The number of thiazole rings is 1. The van der Waals surface area contributed by atoms with Gasteiger partial charge in [-0.15, -0.1) is 11.3 Å². The van der Waals surface area contributed by atoms with E-state index in [9.17, 15) is 8.42 Å². The van der Waals surface area contributed by atoms with E-state index in [0.717, 1.165) is 18.0 Å². The minimum atomic E-state index is -3.49. The molecule has 9 heteroatoms. The van der Waals surface area contributed by atoms with Crippen molar-refractivity contribution in [1.82, 2.24) is 20.3 Å². The number of benzene rings is 1. The molecule has 2 aromatic rings. The van der Waals surface area contributed by atoms with Gasteiger partial charge in [0.05, 0.1) is 16.4 Å². The first-order chi connectivity index (χ1) is 12.5. The molecule has 1 aromatic carbocycles. The number of aliphatic imine (C=N–C) groups is 1. The Balaban J connectivity index is 1.79. The van der Waals surface area contributed by atoms with Crippen LogP contribution in [0.15, 0.2) is 46.4 Å². The van der Waals surface area contributed by atoms with Crippen LogP contribution in [0.25, 0.3) is 0 Å². The van der Waals surface area contributed by atoms with Crippen molar-refractivity contribution in [2.24, 2.45) is 4.99 Å². The first kappa shape index (κ1) is 20.3. The van der Waals surface area contributed by atoms with Gasteiger partial charge in [0.1, 0.15) is 0 Å². The van der Waals surface area contributed by atoms with Crippen LogP contribution >= 0.6 is 11.3 Å². The highest BCUT2D eigenvalue weighted by Gasteiger charge is 2.11. The molecule has 2 rings (SSSR count). The van der Waals surface area contributed by atoms with Crippen LogP contribution in [0.5, 0.6) is 0 Å². The van der Waals surface area contributed by atoms with E-state index in [4.69, 9.17) is 0 Å². The van der Waals surface area contributed by atoms with E-state index < -0.39 is 10.0 Å². The summed E-state index contributed by atoms with van der Waals surface area (Å²) >= 11 is 1.69. The molecule has 142 valence electrons. The van der Waals surface area contributed by atoms with E-state index in [1.54, 1.807) is 41.7 Å². The second kappa shape index (κ2) is 10.2. The average Bonchev–Trinajstić information content (AvgIpc) is 3.04. The minimum Gasteiger partial charge on any atom is -0.357 e. The van der Waals surface area contributed by atoms with Crippen molar-refractivity contribution in [3.63, 3.8) is 0 Å². The van der Waals surface area contributed by atoms with Crippen molar-refractivity contribution in [3.8, 4) is 0 Å². The number of guanidine groups is 1. The summed E-state index contributed by atoms with van der Waals surface area (Å²) < 4.78 is 26.8. The standard InChI is InChI=1S/C17H25N5O2S2/c1-3-18-17(19-10-9-16-21-13-14(2)25-16)20-11-12-22-26(23,24)15-7-5-4-6-8-15/h4-8,13,22H,3,9-12H2,1-2H3,(H2,18,19,20). The molecular formula is C17H25N5O2S2. The molecule has 0 bridgehead atoms. The maximum Gasteiger partial charge on any atom is 0.240 e. The zero-order chi connectivity index (χ0) is 18.8. The van der Waals surface area contributed by atoms with Crippen LogP contribution in [0.1, 0.15) is 16.8 Å². The number of sulfonamides is 1. The molecule has 7 nitrogen and oxygen atoms in total. The van der Waals surface area contributed by atoms with Crippen LogP contribution in [0, 0.1) is 6.92 Å². The third kappa shape index (κ3) is 6.74. The van der Waals surface area contributed by atoms with Gasteiger partial charge in [0.25, 0.3) is 0 Å². The molecule has 0 fully saturated rings. The van der Waals surface area contributed by atoms with Gasteiger partial charge in [0.2, 0.25) is 10.0 Å². The Hall–Kier alpha value is -1.97. The zero-order valence-corrected chi connectivity index (χ0v) is 16.7. The molecule has 0 aliphatic heterocycles. The van der Waals surface area contributed by atoms with Gasteiger partial charge in [-0.3, -0.25) is 4.99 Å². The molecule has 3 N–H and O–H groups in total. The minimum absolute atomic E-state index is 0.236. The summed E-state index contributed by atoms with van der Waals surface area (Å²) in [5.41, 5.74) is 0. The molecule has 0 amide bonds. The highest BCUT2D eigenvalue weighted by Crippen LogP contribution is 2.10. The summed E-state index contributed by atoms with van der Waals surface area (Å²) in [4.78, 5) is 10.2. The number of hydrogen-bond donors (Lipinski definition) is 3. The first-order valence-electron chi connectivity index (χ1n) is 8.49. The maximum absolute atomic E-state index is 12.1. The van der Waals surface area contributed by atoms with Crippen molar-refractivity contribution >= 4 is 27.3 Å². The van der Waals surface area contributed by atoms with Crippen molar-refractivity contribution in [1.29, 1.82) is 0 Å². The lowest BCUT2D eigenvalue weighted by molar-refractivity contribution is 0.582. The van der Waals surface area contributed by atoms with Gasteiger partial charge < -0.3 is 10.6 Å². The summed E-state index contributed by atoms with van der Waals surface area (Å²) in [6, 6.07) is 8.31. The summed E-state index contributed by atoms with van der Waals surface area (Å²) in [5, 5.41) is 7.47. The average molecular weight is 396 g/mol. The Bertz CT molecular complexity index is 804. The zero-order valence-electron chi connectivity index (χ0n) is 15.0. The van der Waals surface area contributed by atoms with Gasteiger partial charge in [0.15, 0.2) is 5.96 Å². The molecule has 1 aromatic heterocycles. The Morgan fingerprint density at radius 1 is 1.19 bits per heavy atom. The fourth-order valence-corrected chi connectivity index (χ4v) is 4.01. The monoisotopic (exact) mass is 395 g/mol. The van der Waals surface area contributed by atoms with Crippen LogP contribution in [0.2, 0.25) is 0 Å². The van der Waals surface area contributed by atoms with Gasteiger partial charge >= 0.3 is 0 Å². The van der Waals surface area contributed by atoms with E-state index in [0.29, 0.717) is 19.0 Å². The van der Waals surface area contributed by atoms with E-state index in [1.165, 1.54) is 4.88 Å². The topological polar surface area (TPSA) is 95.5 Å². The highest BCUT2D eigenvalue weighted by atomic mass is 32.2. The van der Waals surface area contributed by atoms with Crippen LogP contribution in [-0.4, -0.2) is 45.5 Å². The van der Waals surface area contributed by atoms with Gasteiger partial charge in [-0.2, -0.15) is 0 Å². The van der Waals surface area contributed by atoms with Crippen molar-refractivity contribution in [2.45, 2.75) is 25.2 Å². The summed E-state index contributed by atoms with van der Waals surface area (Å²) in [6.45, 7) is 6.06. The number of aryl methyl sites for hydroxylation is 1. The quantitative estimate of drug-likeness (QED) is 0.340. The van der Waals surface area contributed by atoms with Crippen LogP contribution < -0.4 is 15.4 Å². The third-order valence-electron chi connectivity index (χ3n) is 3.37. The molecule has 0 spiro atoms. The van der Waals surface area contributed by atoms with E-state index in [-0.39, 0.29) is 11.4 Å². The lowest BCUT2D eigenvalue weighted by Gasteiger charge is -2.11. The van der Waals surface area contributed by atoms with Crippen molar-refractivity contribution < 1.29 is 8.42 Å². The second-order valence-corrected chi connectivity index (χ2v) is 8.60. The van der Waals surface area contributed by atoms with Crippen molar-refractivity contribution in [2.75, 3.05) is 26.2 Å². The molecule has 0 saturated carbocycles. The molecule has 0 unspecified atom stereocenters. The Labute approximate surface area is 159 Å². The summed E-state index contributed by atoms with van der Waals surface area (Å²) in [6.07, 6.45) is 2.70. The van der Waals surface area contributed by atoms with E-state index in [1.807, 2.05) is 20.0 Å². The van der Waals surface area contributed by atoms with E-state index in [2.05, 4.69) is 25.3 Å². The molecular weight excluding hydrogens is 370 g/mol. The van der Waals surface area contributed by atoms with Gasteiger partial charge in [0, 0.05) is 37.1 Å². The van der Waals surface area contributed by atoms with Gasteiger partial charge in [-0.1, -0.05) is 18.2 Å². The number of nitrogens with one attached hydrogen (secondary N) is 3. The van der Waals surface area contributed by atoms with Gasteiger partial charge in [-0.25, -0.2) is 18.1 Å². The lowest BCUT2D eigenvalue weighted by Crippen LogP contribution is -2.39. The predicted octanol–water partition coefficient (Wildman–Crippen LogP) is 1.53. The van der Waals surface area contributed by atoms with E-state index >= 15 is 0 Å². The second-order valence-electron chi connectivity index (χ2n) is 5.51. The summed E-state index contributed by atoms with van der Waals surface area (Å²) in [5.74, 6) is 0.666. The number of rotatable bonds is 9. The normalized spacial score (nSPS) is 12.2. The smallest absolute Gasteiger partial charge is 0.240 e. The van der Waals surface area contributed by atoms with Crippen LogP contribution in [-0.2, 0) is 16.4 Å². The third-order valence-corrected chi connectivity index (χ3v) is 5.82. The van der Waals surface area contributed by atoms with Gasteiger partial charge in [-0.05, 0) is 26.0 Å². The molecule has 26 heavy (non-hydrogen) atoms. The first-order valence-corrected chi connectivity index (χ1v) is 10.8. The molecule has 0 atom stereocenters. The fourth-order valence-electron chi connectivity index (χ4n) is 2.18. The molecule has 0 radical (unpaired) electrons. The lowest BCUT2D eigenvalue weighted by atomic mass is 10.4. The Kier molecular flexibility index (Phi) is 8.02. The number of aromatic nitrogens is 1. The fraction of sp³-hybridized carbons (Fsp3) is 0.412. The molecule has 0 aliphatic carbocycles. The molecule has 0 aliphatic rings. The van der Waals surface area contributed by atoms with Crippen LogP contribution in [0.4, 0.5) is 0 Å². The Morgan fingerprint density at radius 3 is 2.62 bits per heavy atom. The largest absolute Gasteiger partial charge is 0.357 e. The highest BCUT2D eigenvalue weighted by molar-refractivity contribution is 7.89. The number of nitrogens with zero attached hydrogens (tertiary/aromatic N) is 2. The molecule has 0 saturated heterocycles. The molecule has 1 heterocycles. The predicted molar refractivity (Wildman–Crippen MR) is 106 cm³/mol. The van der Waals surface area contributed by atoms with Crippen molar-refractivity contribution in [3.05, 3.63) is 46.4 Å². The summed E-state index contributed by atoms with van der Waals surface area (Å²) in [7, 11) is -3.49. The SMILES string of the molecule is CCNC(=NCCNS(=O)(=O)c1ccccc1)NCCc1ncc(C)s1.